The number of hydrogen-bond acceptors (Lipinski definition) is 5. The lowest BCUT2D eigenvalue weighted by Crippen LogP contribution is -2.00. The van der Waals surface area contributed by atoms with Gasteiger partial charge in [-0.25, -0.2) is 19.2 Å². The van der Waals surface area contributed by atoms with Crippen molar-refractivity contribution >= 4 is 59.2 Å². The van der Waals surface area contributed by atoms with E-state index in [1.165, 1.54) is 55.7 Å². The van der Waals surface area contributed by atoms with Gasteiger partial charge in [-0.1, -0.05) is 23.2 Å². The molecule has 0 aliphatic carbocycles. The van der Waals surface area contributed by atoms with Crippen LogP contribution >= 0.6 is 23.2 Å². The van der Waals surface area contributed by atoms with Crippen molar-refractivity contribution in [1.29, 1.82) is 0 Å². The van der Waals surface area contributed by atoms with Gasteiger partial charge in [0.15, 0.2) is 0 Å². The summed E-state index contributed by atoms with van der Waals surface area (Å²) >= 11 is 11.4. The lowest BCUT2D eigenvalue weighted by molar-refractivity contribution is -0.135. The van der Waals surface area contributed by atoms with Crippen LogP contribution in [0.1, 0.15) is 31.8 Å². The van der Waals surface area contributed by atoms with Gasteiger partial charge in [0.1, 0.15) is 0 Å². The molecule has 2 rings (SSSR count). The van der Waals surface area contributed by atoms with Gasteiger partial charge in [-0.2, -0.15) is 0 Å². The molecular formula is C21H16Cl2O8. The fraction of sp³-hybridized carbons (Fsp3) is 0.0476. The Kier molecular flexibility index (Phi) is 9.97. The monoisotopic (exact) mass is 466 g/mol. The van der Waals surface area contributed by atoms with Gasteiger partial charge in [-0.05, 0) is 59.7 Å². The molecule has 0 aliphatic rings. The van der Waals surface area contributed by atoms with Crippen molar-refractivity contribution in [2.75, 3.05) is 7.11 Å². The molecule has 31 heavy (non-hydrogen) atoms. The number of carbonyl (C=O) groups is 4. The van der Waals surface area contributed by atoms with E-state index in [0.29, 0.717) is 15.6 Å². The summed E-state index contributed by atoms with van der Waals surface area (Å²) in [5.41, 5.74) is 0.698. The number of aromatic carboxylic acids is 2. The Morgan fingerprint density at radius 2 is 1.19 bits per heavy atom. The van der Waals surface area contributed by atoms with Crippen molar-refractivity contribution in [3.63, 3.8) is 0 Å². The molecule has 0 amide bonds. The summed E-state index contributed by atoms with van der Waals surface area (Å²) in [6.45, 7) is 0. The van der Waals surface area contributed by atoms with Crippen LogP contribution in [0.2, 0.25) is 10.0 Å². The molecule has 0 fully saturated rings. The predicted octanol–water partition coefficient (Wildman–Crippen LogP) is 4.36. The van der Waals surface area contributed by atoms with E-state index in [9.17, 15) is 19.2 Å². The average Bonchev–Trinajstić information content (AvgIpc) is 2.70. The Bertz CT molecular complexity index is 1060. The number of rotatable bonds is 6. The Hall–Kier alpha value is -3.62. The first-order chi connectivity index (χ1) is 14.5. The lowest BCUT2D eigenvalue weighted by Gasteiger charge is -2.01. The molecule has 162 valence electrons. The molecule has 10 heteroatoms. The Balaban J connectivity index is 0.000000311. The minimum Gasteiger partial charge on any atom is -0.478 e. The number of carboxylic acid groups (broad SMARTS) is 3. The summed E-state index contributed by atoms with van der Waals surface area (Å²) in [6, 6.07) is 8.46. The molecule has 0 atom stereocenters. The van der Waals surface area contributed by atoms with Crippen LogP contribution in [0.4, 0.5) is 0 Å². The van der Waals surface area contributed by atoms with E-state index >= 15 is 0 Å². The zero-order chi connectivity index (χ0) is 23.6. The van der Waals surface area contributed by atoms with Crippen LogP contribution < -0.4 is 0 Å². The van der Waals surface area contributed by atoms with E-state index in [2.05, 4.69) is 4.74 Å². The second-order valence-electron chi connectivity index (χ2n) is 5.60. The zero-order valence-corrected chi connectivity index (χ0v) is 17.4. The van der Waals surface area contributed by atoms with Crippen molar-refractivity contribution in [3.05, 3.63) is 80.8 Å². The first-order valence-electron chi connectivity index (χ1n) is 8.28. The molecule has 0 aliphatic heterocycles. The van der Waals surface area contributed by atoms with E-state index in [0.717, 1.165) is 12.2 Å². The van der Waals surface area contributed by atoms with E-state index in [-0.39, 0.29) is 16.7 Å². The lowest BCUT2D eigenvalue weighted by atomic mass is 10.1. The third-order valence-corrected chi connectivity index (χ3v) is 3.96. The summed E-state index contributed by atoms with van der Waals surface area (Å²) in [6.07, 6.45) is 4.54. The molecule has 0 radical (unpaired) electrons. The normalized spacial score (nSPS) is 10.4. The maximum atomic E-state index is 10.9. The van der Waals surface area contributed by atoms with Crippen molar-refractivity contribution in [3.8, 4) is 0 Å². The topological polar surface area (TPSA) is 138 Å². The molecule has 0 spiro atoms. The van der Waals surface area contributed by atoms with Crippen molar-refractivity contribution in [1.82, 2.24) is 0 Å². The van der Waals surface area contributed by atoms with Crippen LogP contribution in [-0.2, 0) is 14.3 Å². The third kappa shape index (κ3) is 8.73. The number of halogens is 2. The Morgan fingerprint density at radius 3 is 1.55 bits per heavy atom. The highest BCUT2D eigenvalue weighted by atomic mass is 35.5. The van der Waals surface area contributed by atoms with Gasteiger partial charge >= 0.3 is 23.9 Å². The van der Waals surface area contributed by atoms with Crippen LogP contribution in [-0.4, -0.2) is 46.3 Å². The van der Waals surface area contributed by atoms with Gasteiger partial charge in [0.2, 0.25) is 0 Å². The van der Waals surface area contributed by atoms with Crippen molar-refractivity contribution in [2.45, 2.75) is 0 Å². The van der Waals surface area contributed by atoms with Crippen LogP contribution in [0, 0.1) is 0 Å². The first kappa shape index (κ1) is 25.4. The second-order valence-corrected chi connectivity index (χ2v) is 6.47. The van der Waals surface area contributed by atoms with Gasteiger partial charge in [0.05, 0.1) is 18.2 Å². The molecule has 2 aromatic rings. The molecule has 0 saturated carbocycles. The highest BCUT2D eigenvalue weighted by molar-refractivity contribution is 6.31. The van der Waals surface area contributed by atoms with E-state index in [1.54, 1.807) is 0 Å². The summed E-state index contributed by atoms with van der Waals surface area (Å²) in [4.78, 5) is 42.7. The van der Waals surface area contributed by atoms with Crippen LogP contribution in [0.15, 0.2) is 48.6 Å². The van der Waals surface area contributed by atoms with Crippen molar-refractivity contribution < 1.29 is 39.2 Å². The quantitative estimate of drug-likeness (QED) is 0.421. The SMILES string of the molecule is COC(=O)/C=C/c1cc(Cl)ccc1C(=O)O.O=C(O)/C=C/c1cc(Cl)ccc1C(=O)O. The van der Waals surface area contributed by atoms with Crippen LogP contribution in [0.3, 0.4) is 0 Å². The summed E-state index contributed by atoms with van der Waals surface area (Å²) in [5, 5.41) is 26.8. The standard InChI is InChI=1S/C11H9ClO4.C10H7ClO4/c1-16-10(13)5-2-7-6-8(12)3-4-9(7)11(14)15;11-7-2-3-8(10(14)15)6(5-7)1-4-9(12)13/h2-6H,1H3,(H,14,15);1-5H,(H,12,13)(H,14,15)/b5-2+;4-1+. The molecule has 0 saturated heterocycles. The summed E-state index contributed by atoms with van der Waals surface area (Å²) < 4.78 is 4.40. The fourth-order valence-corrected chi connectivity index (χ4v) is 2.48. The minimum absolute atomic E-state index is 0.0110. The van der Waals surface area contributed by atoms with Crippen LogP contribution in [0.5, 0.6) is 0 Å². The largest absolute Gasteiger partial charge is 0.478 e. The number of benzene rings is 2. The van der Waals surface area contributed by atoms with E-state index in [1.807, 2.05) is 0 Å². The van der Waals surface area contributed by atoms with E-state index in [4.69, 9.17) is 38.5 Å². The molecule has 0 unspecified atom stereocenters. The molecule has 2 aromatic carbocycles. The van der Waals surface area contributed by atoms with Gasteiger partial charge in [0, 0.05) is 22.2 Å². The average molecular weight is 467 g/mol. The number of hydrogen-bond donors (Lipinski definition) is 3. The number of aliphatic carboxylic acids is 1. The number of carboxylic acids is 3. The maximum absolute atomic E-state index is 10.9. The smallest absolute Gasteiger partial charge is 0.336 e. The Morgan fingerprint density at radius 1 is 0.774 bits per heavy atom. The van der Waals surface area contributed by atoms with Gasteiger partial charge < -0.3 is 20.1 Å². The predicted molar refractivity (Wildman–Crippen MR) is 115 cm³/mol. The number of carbonyl (C=O) groups excluding carboxylic acids is 1. The molecule has 0 aromatic heterocycles. The Labute approximate surface area is 186 Å². The number of esters is 1. The number of methoxy groups -OCH3 is 1. The molecule has 3 N–H and O–H groups in total. The van der Waals surface area contributed by atoms with Crippen molar-refractivity contribution in [2.24, 2.45) is 0 Å². The highest BCUT2D eigenvalue weighted by Crippen LogP contribution is 2.18. The minimum atomic E-state index is -1.15. The summed E-state index contributed by atoms with van der Waals surface area (Å²) in [5.74, 6) is -3.92. The summed E-state index contributed by atoms with van der Waals surface area (Å²) in [7, 11) is 1.24. The molecule has 0 bridgehead atoms. The molecule has 0 heterocycles. The van der Waals surface area contributed by atoms with E-state index < -0.39 is 23.9 Å². The molecule has 8 nitrogen and oxygen atoms in total. The third-order valence-electron chi connectivity index (χ3n) is 3.49. The van der Waals surface area contributed by atoms with Gasteiger partial charge in [-0.15, -0.1) is 0 Å². The maximum Gasteiger partial charge on any atom is 0.336 e. The van der Waals surface area contributed by atoms with Crippen LogP contribution in [0.25, 0.3) is 12.2 Å². The zero-order valence-electron chi connectivity index (χ0n) is 15.9. The van der Waals surface area contributed by atoms with Gasteiger partial charge in [0.25, 0.3) is 0 Å². The highest BCUT2D eigenvalue weighted by Gasteiger charge is 2.09. The first-order valence-corrected chi connectivity index (χ1v) is 9.03. The molecular weight excluding hydrogens is 451 g/mol. The second kappa shape index (κ2) is 12.2. The van der Waals surface area contributed by atoms with Gasteiger partial charge in [-0.3, -0.25) is 0 Å². The number of ether oxygens (including phenoxy) is 1. The fourth-order valence-electron chi connectivity index (χ4n) is 2.12.